The van der Waals surface area contributed by atoms with E-state index in [-0.39, 0.29) is 11.9 Å². The van der Waals surface area contributed by atoms with Gasteiger partial charge in [-0.15, -0.1) is 0 Å². The highest BCUT2D eigenvalue weighted by Gasteiger charge is 2.24. The molecule has 1 heterocycles. The highest BCUT2D eigenvalue weighted by atomic mass is 16.1. The van der Waals surface area contributed by atoms with Gasteiger partial charge in [-0.2, -0.15) is 0 Å². The number of aliphatic imine (C=N–C) groups is 1. The maximum Gasteiger partial charge on any atom is 0.217 e. The number of likely N-dealkylation sites (N-methyl/N-ethyl adjacent to an activating group) is 1. The number of nitrogens with zero attached hydrogens (tertiary/aromatic N) is 3. The standard InChI is InChI=1S/C22H37N5O/c1-5-17-9-11-19(12-10-17)20(26(3)4)15-25-22(24-6-2)27-13-7-8-18(16-27)14-21(23)28/h9-12,18,20H,5-8,13-16H2,1-4H3,(H2,23,28)(H,24,25). The molecule has 6 heteroatoms. The molecule has 0 aliphatic carbocycles. The van der Waals surface area contributed by atoms with E-state index in [0.717, 1.165) is 44.9 Å². The van der Waals surface area contributed by atoms with Gasteiger partial charge in [0.25, 0.3) is 0 Å². The number of carbonyl (C=O) groups is 1. The Morgan fingerprint density at radius 3 is 2.61 bits per heavy atom. The van der Waals surface area contributed by atoms with Crippen molar-refractivity contribution in [2.45, 2.75) is 45.6 Å². The van der Waals surface area contributed by atoms with Crippen LogP contribution < -0.4 is 11.1 Å². The van der Waals surface area contributed by atoms with Gasteiger partial charge in [-0.05, 0) is 57.3 Å². The Bertz CT molecular complexity index is 641. The molecule has 3 N–H and O–H groups in total. The summed E-state index contributed by atoms with van der Waals surface area (Å²) in [5.41, 5.74) is 8.05. The molecule has 2 atom stereocenters. The average molecular weight is 388 g/mol. The molecule has 1 aliphatic heterocycles. The minimum Gasteiger partial charge on any atom is -0.370 e. The molecule has 1 amide bonds. The number of aryl methyl sites for hydroxylation is 1. The predicted octanol–water partition coefficient (Wildman–Crippen LogP) is 2.40. The first-order valence-electron chi connectivity index (χ1n) is 10.5. The Balaban J connectivity index is 2.12. The Labute approximate surface area is 170 Å². The second-order valence-corrected chi connectivity index (χ2v) is 7.89. The Hall–Kier alpha value is -2.08. The van der Waals surface area contributed by atoms with Crippen molar-refractivity contribution in [3.63, 3.8) is 0 Å². The minimum atomic E-state index is -0.211. The van der Waals surface area contributed by atoms with Crippen molar-refractivity contribution >= 4 is 11.9 Å². The van der Waals surface area contributed by atoms with E-state index < -0.39 is 0 Å². The number of amides is 1. The zero-order chi connectivity index (χ0) is 20.5. The highest BCUT2D eigenvalue weighted by molar-refractivity contribution is 5.80. The molecule has 6 nitrogen and oxygen atoms in total. The van der Waals surface area contributed by atoms with Crippen molar-refractivity contribution in [2.24, 2.45) is 16.6 Å². The summed E-state index contributed by atoms with van der Waals surface area (Å²) in [7, 11) is 4.20. The molecule has 1 fully saturated rings. The lowest BCUT2D eigenvalue weighted by Gasteiger charge is -2.35. The van der Waals surface area contributed by atoms with Crippen LogP contribution in [0, 0.1) is 5.92 Å². The quantitative estimate of drug-likeness (QED) is 0.531. The van der Waals surface area contributed by atoms with Gasteiger partial charge in [0.2, 0.25) is 5.91 Å². The van der Waals surface area contributed by atoms with Gasteiger partial charge in [0.05, 0.1) is 12.6 Å². The molecule has 1 saturated heterocycles. The average Bonchev–Trinajstić information content (AvgIpc) is 2.67. The van der Waals surface area contributed by atoms with Crippen LogP contribution in [0.3, 0.4) is 0 Å². The molecule has 0 bridgehead atoms. The number of nitrogens with one attached hydrogen (secondary N) is 1. The second kappa shape index (κ2) is 11.1. The molecule has 0 aromatic heterocycles. The fourth-order valence-electron chi connectivity index (χ4n) is 3.85. The van der Waals surface area contributed by atoms with Gasteiger partial charge in [0.15, 0.2) is 5.96 Å². The van der Waals surface area contributed by atoms with E-state index in [2.05, 4.69) is 67.3 Å². The van der Waals surface area contributed by atoms with Crippen molar-refractivity contribution in [2.75, 3.05) is 40.3 Å². The molecule has 28 heavy (non-hydrogen) atoms. The molecule has 2 unspecified atom stereocenters. The van der Waals surface area contributed by atoms with Crippen molar-refractivity contribution in [1.29, 1.82) is 0 Å². The topological polar surface area (TPSA) is 74.0 Å². The Morgan fingerprint density at radius 1 is 1.32 bits per heavy atom. The third-order valence-corrected chi connectivity index (χ3v) is 5.45. The van der Waals surface area contributed by atoms with Crippen molar-refractivity contribution < 1.29 is 4.79 Å². The van der Waals surface area contributed by atoms with Gasteiger partial charge in [0.1, 0.15) is 0 Å². The number of guanidine groups is 1. The Morgan fingerprint density at radius 2 is 2.04 bits per heavy atom. The van der Waals surface area contributed by atoms with Gasteiger partial charge in [-0.3, -0.25) is 9.79 Å². The van der Waals surface area contributed by atoms with Gasteiger partial charge in [-0.25, -0.2) is 0 Å². The summed E-state index contributed by atoms with van der Waals surface area (Å²) >= 11 is 0. The molecule has 0 radical (unpaired) electrons. The molecule has 0 saturated carbocycles. The van der Waals surface area contributed by atoms with Gasteiger partial charge in [0, 0.05) is 26.1 Å². The third kappa shape index (κ3) is 6.51. The monoisotopic (exact) mass is 387 g/mol. The van der Waals surface area contributed by atoms with E-state index in [1.165, 1.54) is 11.1 Å². The fourth-order valence-corrected chi connectivity index (χ4v) is 3.85. The number of benzene rings is 1. The molecule has 2 rings (SSSR count). The first-order chi connectivity index (χ1) is 13.4. The van der Waals surface area contributed by atoms with Crippen LogP contribution in [0.15, 0.2) is 29.3 Å². The zero-order valence-corrected chi connectivity index (χ0v) is 17.9. The summed E-state index contributed by atoms with van der Waals surface area (Å²) in [4.78, 5) is 20.8. The van der Waals surface area contributed by atoms with E-state index in [0.29, 0.717) is 18.9 Å². The lowest BCUT2D eigenvalue weighted by atomic mass is 9.95. The van der Waals surface area contributed by atoms with E-state index >= 15 is 0 Å². The van der Waals surface area contributed by atoms with Gasteiger partial charge >= 0.3 is 0 Å². The highest BCUT2D eigenvalue weighted by Crippen LogP contribution is 2.22. The fraction of sp³-hybridized carbons (Fsp3) is 0.636. The number of hydrogen-bond acceptors (Lipinski definition) is 3. The van der Waals surface area contributed by atoms with Crippen LogP contribution in [-0.2, 0) is 11.2 Å². The second-order valence-electron chi connectivity index (χ2n) is 7.89. The summed E-state index contributed by atoms with van der Waals surface area (Å²) in [5, 5.41) is 3.43. The maximum absolute atomic E-state index is 11.3. The summed E-state index contributed by atoms with van der Waals surface area (Å²) in [6, 6.07) is 9.08. The normalized spacial score (nSPS) is 19.0. The first-order valence-corrected chi connectivity index (χ1v) is 10.5. The lowest BCUT2D eigenvalue weighted by Crippen LogP contribution is -2.47. The van der Waals surface area contributed by atoms with Crippen LogP contribution >= 0.6 is 0 Å². The van der Waals surface area contributed by atoms with Crippen LogP contribution in [0.5, 0.6) is 0 Å². The molecular formula is C22H37N5O. The number of piperidine rings is 1. The summed E-state index contributed by atoms with van der Waals surface area (Å²) < 4.78 is 0. The number of hydrogen-bond donors (Lipinski definition) is 2. The largest absolute Gasteiger partial charge is 0.370 e. The molecule has 1 aromatic rings. The van der Waals surface area contributed by atoms with E-state index in [1.54, 1.807) is 0 Å². The minimum absolute atomic E-state index is 0.211. The molecule has 156 valence electrons. The summed E-state index contributed by atoms with van der Waals surface area (Å²) in [6.07, 6.45) is 3.64. The van der Waals surface area contributed by atoms with Crippen LogP contribution in [0.1, 0.15) is 50.3 Å². The number of nitrogens with two attached hydrogens (primary N) is 1. The van der Waals surface area contributed by atoms with Crippen LogP contribution in [0.25, 0.3) is 0 Å². The van der Waals surface area contributed by atoms with E-state index in [4.69, 9.17) is 10.7 Å². The van der Waals surface area contributed by atoms with E-state index in [1.807, 2.05) is 0 Å². The zero-order valence-electron chi connectivity index (χ0n) is 17.9. The van der Waals surface area contributed by atoms with Gasteiger partial charge < -0.3 is 20.9 Å². The third-order valence-electron chi connectivity index (χ3n) is 5.45. The van der Waals surface area contributed by atoms with Crippen molar-refractivity contribution in [1.82, 2.24) is 15.1 Å². The van der Waals surface area contributed by atoms with Crippen molar-refractivity contribution in [3.8, 4) is 0 Å². The molecule has 0 spiro atoms. The SMILES string of the molecule is CCNC(=NCC(c1ccc(CC)cc1)N(C)C)N1CCCC(CC(N)=O)C1. The van der Waals surface area contributed by atoms with Gasteiger partial charge in [-0.1, -0.05) is 31.2 Å². The smallest absolute Gasteiger partial charge is 0.217 e. The molecule has 1 aliphatic rings. The van der Waals surface area contributed by atoms with E-state index in [9.17, 15) is 4.79 Å². The first kappa shape index (κ1) is 22.2. The number of rotatable bonds is 8. The van der Waals surface area contributed by atoms with Crippen molar-refractivity contribution in [3.05, 3.63) is 35.4 Å². The lowest BCUT2D eigenvalue weighted by molar-refractivity contribution is -0.119. The number of carbonyl (C=O) groups excluding carboxylic acids is 1. The number of primary amides is 1. The van der Waals surface area contributed by atoms with Crippen LogP contribution in [0.4, 0.5) is 0 Å². The number of likely N-dealkylation sites (tertiary alicyclic amines) is 1. The maximum atomic E-state index is 11.3. The van der Waals surface area contributed by atoms with Crippen LogP contribution in [-0.4, -0.2) is 61.9 Å². The molecular weight excluding hydrogens is 350 g/mol. The predicted molar refractivity (Wildman–Crippen MR) is 116 cm³/mol. The van der Waals surface area contributed by atoms with Crippen LogP contribution in [0.2, 0.25) is 0 Å². The summed E-state index contributed by atoms with van der Waals surface area (Å²) in [6.45, 7) is 7.60. The molecule has 1 aromatic carbocycles. The Kier molecular flexibility index (Phi) is 8.77. The summed E-state index contributed by atoms with van der Waals surface area (Å²) in [5.74, 6) is 1.05.